The average Bonchev–Trinajstić information content (AvgIpc) is 2.87. The molecular weight excluding hydrogens is 551 g/mol. The van der Waals surface area contributed by atoms with Crippen molar-refractivity contribution in [1.82, 2.24) is 5.32 Å². The molecule has 0 atom stereocenters. The number of benzene rings is 3. The number of nitrogens with one attached hydrogen (secondary N) is 1. The maximum Gasteiger partial charge on any atom is 0.335 e. The molecule has 4 amide bonds. The minimum Gasteiger partial charge on any atom is -0.490 e. The van der Waals surface area contributed by atoms with Gasteiger partial charge in [-0.25, -0.2) is 9.69 Å². The molecule has 0 aliphatic carbocycles. The van der Waals surface area contributed by atoms with Gasteiger partial charge < -0.3 is 9.47 Å². The lowest BCUT2D eigenvalue weighted by Crippen LogP contribution is -2.54. The number of hydrogen-bond donors (Lipinski definition) is 1. The van der Waals surface area contributed by atoms with E-state index in [0.717, 1.165) is 16.9 Å². The third-order valence-electron chi connectivity index (χ3n) is 5.73. The summed E-state index contributed by atoms with van der Waals surface area (Å²) in [6.07, 6.45) is 2.16. The quantitative estimate of drug-likeness (QED) is 0.235. The molecule has 0 radical (unpaired) electrons. The summed E-state index contributed by atoms with van der Waals surface area (Å²) < 4.78 is 11.6. The van der Waals surface area contributed by atoms with Gasteiger partial charge >= 0.3 is 6.03 Å². The number of aryl methyl sites for hydroxylation is 1. The van der Waals surface area contributed by atoms with E-state index in [1.807, 2.05) is 19.1 Å². The number of halogens is 3. The van der Waals surface area contributed by atoms with Crippen LogP contribution < -0.4 is 19.7 Å². The highest BCUT2D eigenvalue weighted by atomic mass is 35.5. The number of imide groups is 2. The van der Waals surface area contributed by atoms with Gasteiger partial charge in [-0.3, -0.25) is 14.9 Å². The lowest BCUT2D eigenvalue weighted by molar-refractivity contribution is -0.122. The van der Waals surface area contributed by atoms with Gasteiger partial charge in [-0.1, -0.05) is 59.9 Å². The van der Waals surface area contributed by atoms with Crippen molar-refractivity contribution in [3.8, 4) is 11.5 Å². The molecule has 1 saturated heterocycles. The van der Waals surface area contributed by atoms with Crippen molar-refractivity contribution in [2.45, 2.75) is 26.9 Å². The molecule has 3 aromatic carbocycles. The minimum atomic E-state index is -0.820. The number of barbiturate groups is 1. The van der Waals surface area contributed by atoms with Crippen molar-refractivity contribution in [2.75, 3.05) is 11.5 Å². The number of urea groups is 1. The first-order valence-corrected chi connectivity index (χ1v) is 12.9. The maximum absolute atomic E-state index is 13.2. The summed E-state index contributed by atoms with van der Waals surface area (Å²) in [7, 11) is 0. The number of amides is 4. The lowest BCUT2D eigenvalue weighted by Gasteiger charge is -2.26. The summed E-state index contributed by atoms with van der Waals surface area (Å²) in [5.41, 5.74) is 2.26. The van der Waals surface area contributed by atoms with Crippen LogP contribution in [0.1, 0.15) is 30.5 Å². The van der Waals surface area contributed by atoms with Crippen molar-refractivity contribution in [2.24, 2.45) is 0 Å². The molecule has 0 saturated carbocycles. The van der Waals surface area contributed by atoms with Gasteiger partial charge in [0.2, 0.25) is 0 Å². The minimum absolute atomic E-state index is 0.102. The predicted octanol–water partition coefficient (Wildman–Crippen LogP) is 6.85. The van der Waals surface area contributed by atoms with E-state index >= 15 is 0 Å². The van der Waals surface area contributed by atoms with E-state index in [9.17, 15) is 14.4 Å². The number of carbonyl (C=O) groups excluding carboxylic acids is 3. The summed E-state index contributed by atoms with van der Waals surface area (Å²) in [5, 5.41) is 3.36. The van der Waals surface area contributed by atoms with Gasteiger partial charge in [-0.05, 0) is 66.9 Å². The standard InChI is InChI=1S/C28H23Cl3N2O5/c1-3-16-5-9-20(10-6-16)33-27(35)21(26(34)32-28(33)36)11-17-12-23(31)25(24(13-17)37-4-2)38-15-18-7-8-19(29)14-22(18)30/h5-14H,3-4,15H2,1-2H3,(H,32,34,36)/b21-11-. The normalized spacial score (nSPS) is 14.6. The Balaban J connectivity index is 1.65. The summed E-state index contributed by atoms with van der Waals surface area (Å²) in [5.74, 6) is -0.986. The molecule has 1 fully saturated rings. The number of nitrogens with zero attached hydrogens (tertiary/aromatic N) is 1. The Kier molecular flexibility index (Phi) is 8.62. The van der Waals surface area contributed by atoms with Gasteiger partial charge in [0.05, 0.1) is 17.3 Å². The van der Waals surface area contributed by atoms with Crippen molar-refractivity contribution in [3.05, 3.63) is 91.9 Å². The second-order valence-electron chi connectivity index (χ2n) is 8.27. The fraction of sp³-hybridized carbons (Fsp3) is 0.179. The van der Waals surface area contributed by atoms with Gasteiger partial charge in [-0.2, -0.15) is 0 Å². The zero-order chi connectivity index (χ0) is 27.4. The summed E-state index contributed by atoms with van der Waals surface area (Å²) in [6, 6.07) is 14.3. The molecule has 3 aromatic rings. The predicted molar refractivity (Wildman–Crippen MR) is 148 cm³/mol. The zero-order valence-corrected chi connectivity index (χ0v) is 22.8. The molecule has 38 heavy (non-hydrogen) atoms. The fourth-order valence-corrected chi connectivity index (χ4v) is 4.54. The van der Waals surface area contributed by atoms with E-state index in [2.05, 4.69) is 5.32 Å². The Morgan fingerprint density at radius 3 is 2.29 bits per heavy atom. The van der Waals surface area contributed by atoms with Crippen LogP contribution in [0.3, 0.4) is 0 Å². The van der Waals surface area contributed by atoms with Crippen LogP contribution in [0.15, 0.2) is 60.2 Å². The van der Waals surface area contributed by atoms with Crippen LogP contribution in [0, 0.1) is 0 Å². The Morgan fingerprint density at radius 2 is 1.63 bits per heavy atom. The molecule has 0 spiro atoms. The van der Waals surface area contributed by atoms with E-state index < -0.39 is 17.8 Å². The summed E-state index contributed by atoms with van der Waals surface area (Å²) in [6.45, 7) is 4.21. The van der Waals surface area contributed by atoms with Crippen LogP contribution in [0.25, 0.3) is 6.08 Å². The molecule has 0 unspecified atom stereocenters. The number of carbonyl (C=O) groups is 3. The molecule has 1 N–H and O–H groups in total. The molecule has 1 aliphatic rings. The van der Waals surface area contributed by atoms with Crippen molar-refractivity contribution >= 4 is 64.4 Å². The second-order valence-corrected chi connectivity index (χ2v) is 9.52. The van der Waals surface area contributed by atoms with Gasteiger partial charge in [0.25, 0.3) is 11.8 Å². The number of ether oxygens (including phenoxy) is 2. The Labute approximate surface area is 234 Å². The van der Waals surface area contributed by atoms with Gasteiger partial charge in [0.15, 0.2) is 11.5 Å². The molecule has 0 bridgehead atoms. The largest absolute Gasteiger partial charge is 0.490 e. The number of rotatable bonds is 8. The smallest absolute Gasteiger partial charge is 0.335 e. The first kappa shape index (κ1) is 27.5. The molecule has 4 rings (SSSR count). The highest BCUT2D eigenvalue weighted by Gasteiger charge is 2.36. The fourth-order valence-electron chi connectivity index (χ4n) is 3.80. The van der Waals surface area contributed by atoms with Crippen molar-refractivity contribution in [1.29, 1.82) is 0 Å². The Bertz CT molecular complexity index is 1440. The monoisotopic (exact) mass is 572 g/mol. The summed E-state index contributed by atoms with van der Waals surface area (Å²) in [4.78, 5) is 39.3. The van der Waals surface area contributed by atoms with Gasteiger partial charge in [0.1, 0.15) is 12.2 Å². The highest BCUT2D eigenvalue weighted by Crippen LogP contribution is 2.38. The number of anilines is 1. The van der Waals surface area contributed by atoms with E-state index in [0.29, 0.717) is 39.2 Å². The van der Waals surface area contributed by atoms with E-state index in [1.54, 1.807) is 43.3 Å². The van der Waals surface area contributed by atoms with Crippen LogP contribution in [0.2, 0.25) is 15.1 Å². The van der Waals surface area contributed by atoms with Crippen LogP contribution in [0.4, 0.5) is 10.5 Å². The van der Waals surface area contributed by atoms with E-state index in [-0.39, 0.29) is 23.0 Å². The molecule has 7 nitrogen and oxygen atoms in total. The maximum atomic E-state index is 13.2. The molecule has 10 heteroatoms. The topological polar surface area (TPSA) is 84.9 Å². The van der Waals surface area contributed by atoms with Crippen LogP contribution in [-0.4, -0.2) is 24.5 Å². The molecule has 0 aromatic heterocycles. The molecule has 196 valence electrons. The van der Waals surface area contributed by atoms with E-state index in [1.165, 1.54) is 12.1 Å². The van der Waals surface area contributed by atoms with Crippen LogP contribution >= 0.6 is 34.8 Å². The second kappa shape index (κ2) is 11.9. The van der Waals surface area contributed by atoms with E-state index in [4.69, 9.17) is 44.3 Å². The third-order valence-corrected chi connectivity index (χ3v) is 6.60. The van der Waals surface area contributed by atoms with Crippen molar-refractivity contribution in [3.63, 3.8) is 0 Å². The average molecular weight is 574 g/mol. The molecule has 1 aliphatic heterocycles. The zero-order valence-electron chi connectivity index (χ0n) is 20.5. The Morgan fingerprint density at radius 1 is 0.895 bits per heavy atom. The lowest BCUT2D eigenvalue weighted by atomic mass is 10.1. The SMILES string of the molecule is CCOc1cc(/C=C2/C(=O)NC(=O)N(c3ccc(CC)cc3)C2=O)cc(Cl)c1OCc1ccc(Cl)cc1Cl. The summed E-state index contributed by atoms with van der Waals surface area (Å²) >= 11 is 18.7. The molecular formula is C28H23Cl3N2O5. The third kappa shape index (κ3) is 5.96. The van der Waals surface area contributed by atoms with Gasteiger partial charge in [0, 0.05) is 15.6 Å². The van der Waals surface area contributed by atoms with Gasteiger partial charge in [-0.15, -0.1) is 0 Å². The first-order valence-electron chi connectivity index (χ1n) is 11.7. The first-order chi connectivity index (χ1) is 18.2. The molecule has 1 heterocycles. The van der Waals surface area contributed by atoms with Crippen LogP contribution in [-0.2, 0) is 22.6 Å². The van der Waals surface area contributed by atoms with Crippen molar-refractivity contribution < 1.29 is 23.9 Å². The highest BCUT2D eigenvalue weighted by molar-refractivity contribution is 6.39. The van der Waals surface area contributed by atoms with Crippen LogP contribution in [0.5, 0.6) is 11.5 Å². The Hall–Kier alpha value is -3.52. The number of hydrogen-bond acceptors (Lipinski definition) is 5.